The van der Waals surface area contributed by atoms with Gasteiger partial charge in [-0.25, -0.2) is 0 Å². The Hall–Kier alpha value is -0.300. The third-order valence-corrected chi connectivity index (χ3v) is 2.95. The molecule has 1 heteroatoms. The van der Waals surface area contributed by atoms with E-state index in [0.717, 1.165) is 12.8 Å². The van der Waals surface area contributed by atoms with Crippen molar-refractivity contribution in [2.45, 2.75) is 52.1 Å². The number of allylic oxidation sites excluding steroid dienone is 1. The van der Waals surface area contributed by atoms with Gasteiger partial charge in [0, 0.05) is 5.92 Å². The highest BCUT2D eigenvalue weighted by Crippen LogP contribution is 2.28. The molecule has 0 radical (unpaired) electrons. The first kappa shape index (κ1) is 10.8. The van der Waals surface area contributed by atoms with Crippen LogP contribution in [0, 0.1) is 11.8 Å². The van der Waals surface area contributed by atoms with Gasteiger partial charge >= 0.3 is 0 Å². The van der Waals surface area contributed by atoms with E-state index in [0.29, 0.717) is 11.8 Å². The predicted octanol–water partition coefficient (Wildman–Crippen LogP) is 3.14. The standard InChI is InChI=1S/C12H22O/c1-3-5-10-7-8-11(6-4-2)12(13)9-10/h7-8,10-13H,3-6,9H2,1-2H3. The molecule has 0 aromatic heterocycles. The average molecular weight is 182 g/mol. The minimum atomic E-state index is -0.0819. The normalized spacial score (nSPS) is 33.6. The van der Waals surface area contributed by atoms with Crippen LogP contribution in [0.25, 0.3) is 0 Å². The molecule has 3 atom stereocenters. The van der Waals surface area contributed by atoms with Gasteiger partial charge in [0.05, 0.1) is 6.10 Å². The van der Waals surface area contributed by atoms with E-state index in [4.69, 9.17) is 0 Å². The van der Waals surface area contributed by atoms with Crippen molar-refractivity contribution in [1.82, 2.24) is 0 Å². The zero-order chi connectivity index (χ0) is 9.68. The first-order valence-corrected chi connectivity index (χ1v) is 5.64. The lowest BCUT2D eigenvalue weighted by Gasteiger charge is -2.27. The number of aliphatic hydroxyl groups excluding tert-OH is 1. The molecule has 0 heterocycles. The van der Waals surface area contributed by atoms with Gasteiger partial charge in [0.15, 0.2) is 0 Å². The minimum Gasteiger partial charge on any atom is -0.392 e. The van der Waals surface area contributed by atoms with Crippen LogP contribution in [0.15, 0.2) is 12.2 Å². The third kappa shape index (κ3) is 3.15. The predicted molar refractivity (Wildman–Crippen MR) is 56.6 cm³/mol. The molecule has 1 aliphatic carbocycles. The van der Waals surface area contributed by atoms with Crippen molar-refractivity contribution in [2.75, 3.05) is 0 Å². The summed E-state index contributed by atoms with van der Waals surface area (Å²) in [5.74, 6) is 1.06. The van der Waals surface area contributed by atoms with Crippen molar-refractivity contribution in [3.63, 3.8) is 0 Å². The number of rotatable bonds is 4. The molecule has 1 nitrogen and oxygen atoms in total. The van der Waals surface area contributed by atoms with Gasteiger partial charge in [0.1, 0.15) is 0 Å². The molecule has 13 heavy (non-hydrogen) atoms. The molecule has 1 rings (SSSR count). The quantitative estimate of drug-likeness (QED) is 0.662. The Morgan fingerprint density at radius 3 is 2.38 bits per heavy atom. The summed E-state index contributed by atoms with van der Waals surface area (Å²) in [6.45, 7) is 4.39. The largest absolute Gasteiger partial charge is 0.392 e. The summed E-state index contributed by atoms with van der Waals surface area (Å²) in [7, 11) is 0. The van der Waals surface area contributed by atoms with Gasteiger partial charge < -0.3 is 5.11 Å². The molecule has 0 saturated heterocycles. The molecule has 0 fully saturated rings. The van der Waals surface area contributed by atoms with E-state index < -0.39 is 0 Å². The lowest BCUT2D eigenvalue weighted by atomic mass is 9.82. The molecule has 0 amide bonds. The Balaban J connectivity index is 2.42. The van der Waals surface area contributed by atoms with E-state index in [2.05, 4.69) is 26.0 Å². The molecule has 0 bridgehead atoms. The summed E-state index contributed by atoms with van der Waals surface area (Å²) in [4.78, 5) is 0. The van der Waals surface area contributed by atoms with Gasteiger partial charge in [-0.05, 0) is 25.2 Å². The second-order valence-corrected chi connectivity index (χ2v) is 4.19. The Morgan fingerprint density at radius 1 is 1.15 bits per heavy atom. The van der Waals surface area contributed by atoms with Crippen LogP contribution in [0.5, 0.6) is 0 Å². The maximum Gasteiger partial charge on any atom is 0.0608 e. The Morgan fingerprint density at radius 2 is 1.85 bits per heavy atom. The fourth-order valence-corrected chi connectivity index (χ4v) is 2.20. The fourth-order valence-electron chi connectivity index (χ4n) is 2.20. The number of aliphatic hydroxyl groups is 1. The number of hydrogen-bond donors (Lipinski definition) is 1. The first-order chi connectivity index (χ1) is 6.27. The summed E-state index contributed by atoms with van der Waals surface area (Å²) in [6.07, 6.45) is 10.2. The Kier molecular flexibility index (Phi) is 4.51. The molecule has 1 N–H and O–H groups in total. The summed E-state index contributed by atoms with van der Waals surface area (Å²) < 4.78 is 0. The molecule has 0 aromatic carbocycles. The van der Waals surface area contributed by atoms with Gasteiger partial charge in [0.2, 0.25) is 0 Å². The van der Waals surface area contributed by atoms with Gasteiger partial charge in [-0.2, -0.15) is 0 Å². The van der Waals surface area contributed by atoms with E-state index in [-0.39, 0.29) is 6.10 Å². The second-order valence-electron chi connectivity index (χ2n) is 4.19. The van der Waals surface area contributed by atoms with Crippen LogP contribution in [0.3, 0.4) is 0 Å². The van der Waals surface area contributed by atoms with Gasteiger partial charge in [-0.3, -0.25) is 0 Å². The van der Waals surface area contributed by atoms with Gasteiger partial charge in [-0.1, -0.05) is 38.8 Å². The van der Waals surface area contributed by atoms with E-state index >= 15 is 0 Å². The molecule has 3 unspecified atom stereocenters. The van der Waals surface area contributed by atoms with Crippen LogP contribution in [0.4, 0.5) is 0 Å². The van der Waals surface area contributed by atoms with Crippen molar-refractivity contribution in [3.8, 4) is 0 Å². The van der Waals surface area contributed by atoms with Crippen LogP contribution < -0.4 is 0 Å². The zero-order valence-electron chi connectivity index (χ0n) is 8.87. The summed E-state index contributed by atoms with van der Waals surface area (Å²) >= 11 is 0. The molecular weight excluding hydrogens is 160 g/mol. The molecule has 76 valence electrons. The zero-order valence-corrected chi connectivity index (χ0v) is 8.87. The van der Waals surface area contributed by atoms with E-state index in [9.17, 15) is 5.11 Å². The number of hydrogen-bond acceptors (Lipinski definition) is 1. The topological polar surface area (TPSA) is 20.2 Å². The highest BCUT2D eigenvalue weighted by Gasteiger charge is 2.23. The van der Waals surface area contributed by atoms with E-state index in [1.54, 1.807) is 0 Å². The summed E-state index contributed by atoms with van der Waals surface area (Å²) in [5.41, 5.74) is 0. The summed E-state index contributed by atoms with van der Waals surface area (Å²) in [5, 5.41) is 9.85. The lowest BCUT2D eigenvalue weighted by Crippen LogP contribution is -2.25. The molecule has 0 aliphatic heterocycles. The molecule has 0 aromatic rings. The fraction of sp³-hybridized carbons (Fsp3) is 0.833. The van der Waals surface area contributed by atoms with Crippen LogP contribution in [-0.2, 0) is 0 Å². The van der Waals surface area contributed by atoms with Crippen molar-refractivity contribution in [3.05, 3.63) is 12.2 Å². The summed E-state index contributed by atoms with van der Waals surface area (Å²) in [6, 6.07) is 0. The Labute approximate surface area is 81.9 Å². The highest BCUT2D eigenvalue weighted by atomic mass is 16.3. The average Bonchev–Trinajstić information content (AvgIpc) is 2.10. The van der Waals surface area contributed by atoms with Crippen LogP contribution in [0.1, 0.15) is 46.0 Å². The Bertz CT molecular complexity index is 163. The maximum absolute atomic E-state index is 9.85. The first-order valence-electron chi connectivity index (χ1n) is 5.64. The van der Waals surface area contributed by atoms with Crippen LogP contribution >= 0.6 is 0 Å². The molecule has 0 spiro atoms. The monoisotopic (exact) mass is 182 g/mol. The van der Waals surface area contributed by atoms with Crippen molar-refractivity contribution >= 4 is 0 Å². The smallest absolute Gasteiger partial charge is 0.0608 e. The SMILES string of the molecule is CCCC1C=CC(CCC)C(O)C1. The van der Waals surface area contributed by atoms with Crippen LogP contribution in [-0.4, -0.2) is 11.2 Å². The minimum absolute atomic E-state index is 0.0819. The third-order valence-electron chi connectivity index (χ3n) is 2.95. The van der Waals surface area contributed by atoms with Gasteiger partial charge in [-0.15, -0.1) is 0 Å². The molecule has 1 aliphatic rings. The second kappa shape index (κ2) is 5.43. The maximum atomic E-state index is 9.85. The van der Waals surface area contributed by atoms with Crippen LogP contribution in [0.2, 0.25) is 0 Å². The van der Waals surface area contributed by atoms with Gasteiger partial charge in [0.25, 0.3) is 0 Å². The molecular formula is C12H22O. The van der Waals surface area contributed by atoms with E-state index in [1.807, 2.05) is 0 Å². The van der Waals surface area contributed by atoms with Crippen molar-refractivity contribution < 1.29 is 5.11 Å². The van der Waals surface area contributed by atoms with E-state index in [1.165, 1.54) is 19.3 Å². The van der Waals surface area contributed by atoms with Crippen molar-refractivity contribution in [1.29, 1.82) is 0 Å². The highest BCUT2D eigenvalue weighted by molar-refractivity contribution is 5.01. The lowest BCUT2D eigenvalue weighted by molar-refractivity contribution is 0.0944. The molecule has 0 saturated carbocycles. The van der Waals surface area contributed by atoms with Crippen molar-refractivity contribution in [2.24, 2.45) is 11.8 Å².